The van der Waals surface area contributed by atoms with Gasteiger partial charge in [-0.15, -0.1) is 0 Å². The first kappa shape index (κ1) is 24.6. The molecule has 0 aromatic heterocycles. The number of allylic oxidation sites excluding steroid dienone is 3. The lowest BCUT2D eigenvalue weighted by Gasteiger charge is -2.32. The van der Waals surface area contributed by atoms with E-state index >= 15 is 0 Å². The molecule has 1 saturated carbocycles. The molecule has 1 aliphatic carbocycles. The van der Waals surface area contributed by atoms with Crippen molar-refractivity contribution in [3.05, 3.63) is 46.9 Å². The molecule has 0 bridgehead atoms. The number of rotatable bonds is 5. The minimum Gasteiger partial charge on any atom is -0.325 e. The molecule has 2 rings (SSSR count). The molecule has 1 N–H and O–H groups in total. The molecule has 30 heavy (non-hydrogen) atoms. The van der Waals surface area contributed by atoms with Crippen LogP contribution in [0.3, 0.4) is 0 Å². The normalized spacial score (nSPS) is 17.2. The van der Waals surface area contributed by atoms with Gasteiger partial charge in [-0.3, -0.25) is 9.59 Å². The van der Waals surface area contributed by atoms with Crippen LogP contribution in [0.15, 0.2) is 46.2 Å². The Morgan fingerprint density at radius 1 is 1.13 bits per heavy atom. The van der Waals surface area contributed by atoms with Crippen LogP contribution in [0.1, 0.15) is 58.4 Å². The fourth-order valence-corrected chi connectivity index (χ4v) is 5.06. The summed E-state index contributed by atoms with van der Waals surface area (Å²) in [4.78, 5) is 26.4. The average molecular weight is 458 g/mol. The highest BCUT2D eigenvalue weighted by atomic mass is 32.2. The summed E-state index contributed by atoms with van der Waals surface area (Å²) in [6.45, 7) is 5.48. The molecule has 0 radical (unpaired) electrons. The van der Waals surface area contributed by atoms with Crippen LogP contribution in [0.25, 0.3) is 0 Å². The number of halogens is 3. The van der Waals surface area contributed by atoms with E-state index in [2.05, 4.69) is 5.32 Å². The molecule has 0 aliphatic heterocycles. The van der Waals surface area contributed by atoms with Gasteiger partial charge in [0.05, 0.1) is 11.3 Å². The summed E-state index contributed by atoms with van der Waals surface area (Å²) >= 11 is 1.81. The Balaban J connectivity index is 2.29. The minimum absolute atomic E-state index is 0.0219. The number of amides is 1. The number of hydrogen-bond donors (Lipinski definition) is 1. The van der Waals surface area contributed by atoms with Gasteiger partial charge >= 0.3 is 6.18 Å². The van der Waals surface area contributed by atoms with Crippen LogP contribution in [0.4, 0.5) is 23.7 Å². The molecule has 0 atom stereocenters. The molecular weight excluding hydrogens is 431 g/mol. The van der Waals surface area contributed by atoms with Crippen molar-refractivity contribution in [3.8, 4) is 0 Å². The molecule has 1 aromatic carbocycles. The topological polar surface area (TPSA) is 46.2 Å². The van der Waals surface area contributed by atoms with E-state index in [4.69, 9.17) is 0 Å². The van der Waals surface area contributed by atoms with Gasteiger partial charge in [0.15, 0.2) is 0 Å². The SMILES string of the molecule is C/C=C\C(=C/C)SC(=O)Sc1ccc(C(F)(F)F)cc1NC(=O)C1(C)CCCCC1. The zero-order chi connectivity index (χ0) is 22.4. The fourth-order valence-electron chi connectivity index (χ4n) is 3.29. The Bertz CT molecular complexity index is 841. The highest BCUT2D eigenvalue weighted by Crippen LogP contribution is 2.41. The first-order valence-corrected chi connectivity index (χ1v) is 11.4. The molecule has 164 valence electrons. The van der Waals surface area contributed by atoms with Crippen molar-refractivity contribution in [2.75, 3.05) is 5.32 Å². The van der Waals surface area contributed by atoms with Gasteiger partial charge in [0.2, 0.25) is 5.91 Å². The first-order valence-electron chi connectivity index (χ1n) is 9.80. The van der Waals surface area contributed by atoms with E-state index in [1.807, 2.05) is 13.8 Å². The van der Waals surface area contributed by atoms with E-state index in [1.54, 1.807) is 25.2 Å². The first-order chi connectivity index (χ1) is 14.1. The van der Waals surface area contributed by atoms with Crippen molar-refractivity contribution in [3.63, 3.8) is 0 Å². The molecule has 1 aliphatic rings. The Morgan fingerprint density at radius 2 is 1.80 bits per heavy atom. The average Bonchev–Trinajstić information content (AvgIpc) is 2.68. The maximum atomic E-state index is 13.2. The van der Waals surface area contributed by atoms with E-state index in [9.17, 15) is 22.8 Å². The quantitative estimate of drug-likeness (QED) is 0.359. The summed E-state index contributed by atoms with van der Waals surface area (Å²) in [6.07, 6.45) is 5.10. The van der Waals surface area contributed by atoms with Crippen molar-refractivity contribution in [2.24, 2.45) is 5.41 Å². The van der Waals surface area contributed by atoms with Crippen molar-refractivity contribution in [2.45, 2.75) is 63.9 Å². The lowest BCUT2D eigenvalue weighted by atomic mass is 9.75. The van der Waals surface area contributed by atoms with E-state index in [-0.39, 0.29) is 16.0 Å². The number of nitrogens with one attached hydrogen (secondary N) is 1. The molecule has 0 spiro atoms. The maximum absolute atomic E-state index is 13.2. The van der Waals surface area contributed by atoms with E-state index in [0.29, 0.717) is 17.7 Å². The summed E-state index contributed by atoms with van der Waals surface area (Å²) in [5, 5.41) is 2.68. The summed E-state index contributed by atoms with van der Waals surface area (Å²) in [6, 6.07) is 3.09. The number of benzene rings is 1. The lowest BCUT2D eigenvalue weighted by Crippen LogP contribution is -2.35. The zero-order valence-corrected chi connectivity index (χ0v) is 18.9. The van der Waals surface area contributed by atoms with Gasteiger partial charge in [-0.25, -0.2) is 0 Å². The number of carbonyl (C=O) groups excluding carboxylic acids is 2. The van der Waals surface area contributed by atoms with E-state index < -0.39 is 17.2 Å². The van der Waals surface area contributed by atoms with Crippen molar-refractivity contribution in [1.82, 2.24) is 0 Å². The highest BCUT2D eigenvalue weighted by Gasteiger charge is 2.36. The van der Waals surface area contributed by atoms with Crippen LogP contribution in [0.5, 0.6) is 0 Å². The second kappa shape index (κ2) is 10.6. The number of anilines is 1. The van der Waals surface area contributed by atoms with Crippen LogP contribution in [-0.2, 0) is 11.0 Å². The van der Waals surface area contributed by atoms with Crippen LogP contribution >= 0.6 is 23.5 Å². The Kier molecular flexibility index (Phi) is 8.67. The van der Waals surface area contributed by atoms with Crippen LogP contribution in [-0.4, -0.2) is 10.4 Å². The smallest absolute Gasteiger partial charge is 0.325 e. The number of alkyl halides is 3. The summed E-state index contributed by atoms with van der Waals surface area (Å²) in [5.74, 6) is -0.300. The van der Waals surface area contributed by atoms with Gasteiger partial charge < -0.3 is 5.32 Å². The van der Waals surface area contributed by atoms with Gasteiger partial charge in [-0.05, 0) is 68.4 Å². The standard InChI is InChI=1S/C22H26F3NO2S2/c1-4-9-16(5-2)29-20(28)30-18-11-10-15(22(23,24)25)14-17(18)26-19(27)21(3)12-7-6-8-13-21/h4-5,9-11,14H,6-8,12-13H2,1-3H3,(H,26,27)/b9-4-,16-5+. The summed E-state index contributed by atoms with van der Waals surface area (Å²) < 4.78 is 39.4. The van der Waals surface area contributed by atoms with E-state index in [1.165, 1.54) is 6.07 Å². The lowest BCUT2D eigenvalue weighted by molar-refractivity contribution is -0.137. The van der Waals surface area contributed by atoms with E-state index in [0.717, 1.165) is 59.8 Å². The second-order valence-electron chi connectivity index (χ2n) is 7.43. The number of hydrogen-bond acceptors (Lipinski definition) is 4. The van der Waals surface area contributed by atoms with Crippen molar-refractivity contribution in [1.29, 1.82) is 0 Å². The molecule has 8 heteroatoms. The van der Waals surface area contributed by atoms with Gasteiger partial charge in [-0.2, -0.15) is 13.2 Å². The Hall–Kier alpha value is -1.67. The zero-order valence-electron chi connectivity index (χ0n) is 17.3. The Morgan fingerprint density at radius 3 is 2.37 bits per heavy atom. The van der Waals surface area contributed by atoms with Crippen LogP contribution < -0.4 is 5.32 Å². The summed E-state index contributed by atoms with van der Waals surface area (Å²) in [5.41, 5.74) is -1.45. The third-order valence-electron chi connectivity index (χ3n) is 5.07. The fraction of sp³-hybridized carbons (Fsp3) is 0.455. The molecular formula is C22H26F3NO2S2. The van der Waals surface area contributed by atoms with Crippen LogP contribution in [0, 0.1) is 5.41 Å². The van der Waals surface area contributed by atoms with Gasteiger partial charge in [0.1, 0.15) is 0 Å². The van der Waals surface area contributed by atoms with Crippen molar-refractivity contribution < 1.29 is 22.8 Å². The minimum atomic E-state index is -4.54. The monoisotopic (exact) mass is 457 g/mol. The predicted octanol–water partition coefficient (Wildman–Crippen LogP) is 8.04. The largest absolute Gasteiger partial charge is 0.416 e. The molecule has 3 nitrogen and oxygen atoms in total. The third kappa shape index (κ3) is 6.67. The molecule has 1 aromatic rings. The highest BCUT2D eigenvalue weighted by molar-refractivity contribution is 8.40. The molecule has 1 fully saturated rings. The Labute approximate surface area is 184 Å². The van der Waals surface area contributed by atoms with Gasteiger partial charge in [0.25, 0.3) is 4.45 Å². The molecule has 0 saturated heterocycles. The number of thioether (sulfide) groups is 2. The second-order valence-corrected chi connectivity index (χ2v) is 9.75. The third-order valence-corrected chi connectivity index (χ3v) is 7.09. The molecule has 0 unspecified atom stereocenters. The number of carbonyl (C=O) groups is 2. The van der Waals surface area contributed by atoms with Crippen molar-refractivity contribution >= 4 is 39.6 Å². The van der Waals surface area contributed by atoms with Crippen LogP contribution in [0.2, 0.25) is 0 Å². The van der Waals surface area contributed by atoms with Gasteiger partial charge in [0, 0.05) is 15.2 Å². The summed E-state index contributed by atoms with van der Waals surface area (Å²) in [7, 11) is 0. The maximum Gasteiger partial charge on any atom is 0.416 e. The predicted molar refractivity (Wildman–Crippen MR) is 119 cm³/mol. The van der Waals surface area contributed by atoms with Gasteiger partial charge in [-0.1, -0.05) is 44.4 Å². The molecule has 1 amide bonds. The molecule has 0 heterocycles.